The number of nitrogens with two attached hydrogens (primary N) is 1. The van der Waals surface area contributed by atoms with Gasteiger partial charge in [-0.2, -0.15) is 0 Å². The molecule has 0 heterocycles. The Kier molecular flexibility index (Phi) is 9.44. The molecule has 0 spiro atoms. The summed E-state index contributed by atoms with van der Waals surface area (Å²) < 4.78 is 0. The molecule has 1 nitrogen and oxygen atoms in total. The molecule has 0 atom stereocenters. The van der Waals surface area contributed by atoms with E-state index >= 15 is 0 Å². The van der Waals surface area contributed by atoms with Gasteiger partial charge < -0.3 is 5.73 Å². The highest BCUT2D eigenvalue weighted by Gasteiger charge is 1.85. The van der Waals surface area contributed by atoms with Crippen molar-refractivity contribution in [2.75, 3.05) is 6.54 Å². The number of hydrogen-bond acceptors (Lipinski definition) is 1. The quantitative estimate of drug-likeness (QED) is 0.444. The van der Waals surface area contributed by atoms with E-state index in [1.54, 1.807) is 0 Å². The van der Waals surface area contributed by atoms with Crippen LogP contribution in [0.25, 0.3) is 0 Å². The molecule has 0 aromatic carbocycles. The van der Waals surface area contributed by atoms with Crippen molar-refractivity contribution < 1.29 is 0 Å². The molecule has 0 fully saturated rings. The molecule has 2 N–H and O–H groups in total. The molecule has 0 aromatic rings. The fraction of sp³-hybridized carbons (Fsp3) is 0.800. The molecule has 0 saturated heterocycles. The van der Waals surface area contributed by atoms with E-state index in [0.29, 0.717) is 6.54 Å². The number of rotatable bonds is 7. The van der Waals surface area contributed by atoms with E-state index in [4.69, 9.17) is 5.73 Å². The lowest BCUT2D eigenvalue weighted by molar-refractivity contribution is 0.637. The first kappa shape index (κ1) is 10.7. The van der Waals surface area contributed by atoms with Gasteiger partial charge in [0.25, 0.3) is 0 Å². The lowest BCUT2D eigenvalue weighted by atomic mass is 10.1. The summed E-state index contributed by atoms with van der Waals surface area (Å²) in [6.45, 7) is 2.93. The van der Waals surface area contributed by atoms with Crippen LogP contribution in [0.5, 0.6) is 0 Å². The van der Waals surface area contributed by atoms with Crippen LogP contribution in [-0.2, 0) is 0 Å². The van der Waals surface area contributed by atoms with Gasteiger partial charge in [0, 0.05) is 6.54 Å². The van der Waals surface area contributed by atoms with Crippen molar-refractivity contribution in [3.8, 4) is 0 Å². The molecule has 0 rings (SSSR count). The van der Waals surface area contributed by atoms with Crippen molar-refractivity contribution in [2.45, 2.75) is 45.4 Å². The van der Waals surface area contributed by atoms with Crippen molar-refractivity contribution in [3.05, 3.63) is 12.2 Å². The van der Waals surface area contributed by atoms with Gasteiger partial charge in [0.15, 0.2) is 0 Å². The average Bonchev–Trinajstić information content (AvgIpc) is 2.03. The zero-order valence-electron chi connectivity index (χ0n) is 7.68. The van der Waals surface area contributed by atoms with E-state index < -0.39 is 0 Å². The van der Waals surface area contributed by atoms with Gasteiger partial charge in [-0.1, -0.05) is 44.8 Å². The Morgan fingerprint density at radius 2 is 1.73 bits per heavy atom. The van der Waals surface area contributed by atoms with Crippen LogP contribution in [0, 0.1) is 0 Å². The van der Waals surface area contributed by atoms with E-state index in [0.717, 1.165) is 0 Å². The second-order valence-corrected chi connectivity index (χ2v) is 2.91. The molecular weight excluding hydrogens is 134 g/mol. The molecule has 0 saturated carbocycles. The summed E-state index contributed by atoms with van der Waals surface area (Å²) >= 11 is 0. The molecule has 0 radical (unpaired) electrons. The van der Waals surface area contributed by atoms with Gasteiger partial charge in [0.1, 0.15) is 0 Å². The van der Waals surface area contributed by atoms with E-state index in [2.05, 4.69) is 13.0 Å². The monoisotopic (exact) mass is 155 g/mol. The fourth-order valence-electron chi connectivity index (χ4n) is 1.08. The minimum Gasteiger partial charge on any atom is -0.327 e. The average molecular weight is 155 g/mol. The largest absolute Gasteiger partial charge is 0.327 e. The third kappa shape index (κ3) is 9.70. The van der Waals surface area contributed by atoms with Gasteiger partial charge in [0.2, 0.25) is 0 Å². The maximum Gasteiger partial charge on any atom is 0.0106 e. The zero-order chi connectivity index (χ0) is 8.36. The number of allylic oxidation sites excluding steroid dienone is 1. The minimum absolute atomic E-state index is 0.689. The van der Waals surface area contributed by atoms with E-state index in [-0.39, 0.29) is 0 Å². The molecule has 0 aliphatic rings. The topological polar surface area (TPSA) is 26.0 Å². The highest BCUT2D eigenvalue weighted by atomic mass is 14.5. The first-order valence-electron chi connectivity index (χ1n) is 4.77. The molecular formula is C10H21N. The molecule has 0 amide bonds. The summed E-state index contributed by atoms with van der Waals surface area (Å²) in [5.41, 5.74) is 5.30. The Labute approximate surface area is 70.7 Å². The SMILES string of the molecule is CCCCCCC/C=C/CN. The van der Waals surface area contributed by atoms with Crippen LogP contribution in [0.2, 0.25) is 0 Å². The fourth-order valence-corrected chi connectivity index (χ4v) is 1.08. The van der Waals surface area contributed by atoms with Crippen molar-refractivity contribution >= 4 is 0 Å². The highest BCUT2D eigenvalue weighted by Crippen LogP contribution is 2.04. The third-order valence-electron chi connectivity index (χ3n) is 1.78. The molecule has 0 aromatic heterocycles. The van der Waals surface area contributed by atoms with E-state index in [1.165, 1.54) is 38.5 Å². The second-order valence-electron chi connectivity index (χ2n) is 2.91. The lowest BCUT2D eigenvalue weighted by Crippen LogP contribution is -1.91. The molecule has 11 heavy (non-hydrogen) atoms. The highest BCUT2D eigenvalue weighted by molar-refractivity contribution is 4.81. The Morgan fingerprint density at radius 1 is 1.00 bits per heavy atom. The molecule has 0 bridgehead atoms. The van der Waals surface area contributed by atoms with Crippen LogP contribution in [-0.4, -0.2) is 6.54 Å². The van der Waals surface area contributed by atoms with Crippen LogP contribution < -0.4 is 5.73 Å². The number of unbranched alkanes of at least 4 members (excludes halogenated alkanes) is 5. The summed E-state index contributed by atoms with van der Waals surface area (Å²) in [5.74, 6) is 0. The standard InChI is InChI=1S/C10H21N/c1-2-3-4-5-6-7-8-9-10-11/h8-9H,2-7,10-11H2,1H3/b9-8+. The minimum atomic E-state index is 0.689. The molecule has 0 unspecified atom stereocenters. The predicted octanol–water partition coefficient (Wildman–Crippen LogP) is 2.86. The molecule has 1 heteroatoms. The van der Waals surface area contributed by atoms with Crippen molar-refractivity contribution in [2.24, 2.45) is 5.73 Å². The summed E-state index contributed by atoms with van der Waals surface area (Å²) in [4.78, 5) is 0. The normalized spacial score (nSPS) is 11.1. The summed E-state index contributed by atoms with van der Waals surface area (Å²) in [5, 5.41) is 0. The number of hydrogen-bond donors (Lipinski definition) is 1. The van der Waals surface area contributed by atoms with E-state index in [1.807, 2.05) is 6.08 Å². The maximum absolute atomic E-state index is 5.30. The summed E-state index contributed by atoms with van der Waals surface area (Å²) in [6.07, 6.45) is 12.3. The molecule has 0 aliphatic heterocycles. The van der Waals surface area contributed by atoms with Gasteiger partial charge in [-0.25, -0.2) is 0 Å². The van der Waals surface area contributed by atoms with Crippen molar-refractivity contribution in [1.29, 1.82) is 0 Å². The van der Waals surface area contributed by atoms with Gasteiger partial charge in [0.05, 0.1) is 0 Å². The Morgan fingerprint density at radius 3 is 2.36 bits per heavy atom. The summed E-state index contributed by atoms with van der Waals surface area (Å²) in [7, 11) is 0. The van der Waals surface area contributed by atoms with Crippen molar-refractivity contribution in [1.82, 2.24) is 0 Å². The van der Waals surface area contributed by atoms with E-state index in [9.17, 15) is 0 Å². The molecule has 66 valence electrons. The first-order chi connectivity index (χ1) is 5.41. The maximum atomic E-state index is 5.30. The summed E-state index contributed by atoms with van der Waals surface area (Å²) in [6, 6.07) is 0. The Hall–Kier alpha value is -0.300. The van der Waals surface area contributed by atoms with Crippen LogP contribution in [0.4, 0.5) is 0 Å². The van der Waals surface area contributed by atoms with Gasteiger partial charge in [-0.15, -0.1) is 0 Å². The van der Waals surface area contributed by atoms with Gasteiger partial charge >= 0.3 is 0 Å². The molecule has 0 aliphatic carbocycles. The lowest BCUT2D eigenvalue weighted by Gasteiger charge is -1.95. The van der Waals surface area contributed by atoms with Crippen LogP contribution in [0.3, 0.4) is 0 Å². The second kappa shape index (κ2) is 9.70. The van der Waals surface area contributed by atoms with Crippen LogP contribution in [0.1, 0.15) is 45.4 Å². The third-order valence-corrected chi connectivity index (χ3v) is 1.78. The van der Waals surface area contributed by atoms with Crippen LogP contribution in [0.15, 0.2) is 12.2 Å². The Balaban J connectivity index is 2.85. The Bertz CT molecular complexity index is 86.9. The first-order valence-corrected chi connectivity index (χ1v) is 4.77. The smallest absolute Gasteiger partial charge is 0.0106 e. The van der Waals surface area contributed by atoms with Gasteiger partial charge in [-0.05, 0) is 12.8 Å². The zero-order valence-corrected chi connectivity index (χ0v) is 7.68. The predicted molar refractivity (Wildman–Crippen MR) is 51.6 cm³/mol. The van der Waals surface area contributed by atoms with Gasteiger partial charge in [-0.3, -0.25) is 0 Å². The van der Waals surface area contributed by atoms with Crippen LogP contribution >= 0.6 is 0 Å². The van der Waals surface area contributed by atoms with Crippen molar-refractivity contribution in [3.63, 3.8) is 0 Å².